The predicted molar refractivity (Wildman–Crippen MR) is 144 cm³/mol. The summed E-state index contributed by atoms with van der Waals surface area (Å²) in [6, 6.07) is 22.5. The number of hydrogen-bond donors (Lipinski definition) is 1. The molecule has 3 rings (SSSR count). The van der Waals surface area contributed by atoms with Crippen molar-refractivity contribution >= 4 is 35.0 Å². The highest BCUT2D eigenvalue weighted by Crippen LogP contribution is 2.24. The average Bonchev–Trinajstić information content (AvgIpc) is 2.86. The van der Waals surface area contributed by atoms with Gasteiger partial charge in [-0.3, -0.25) is 9.59 Å². The fourth-order valence-electron chi connectivity index (χ4n) is 3.90. The van der Waals surface area contributed by atoms with Gasteiger partial charge in [-0.15, -0.1) is 0 Å². The lowest BCUT2D eigenvalue weighted by Crippen LogP contribution is -2.50. The third-order valence-electron chi connectivity index (χ3n) is 5.92. The molecule has 1 N–H and O–H groups in total. The van der Waals surface area contributed by atoms with Crippen LogP contribution < -0.4 is 5.32 Å². The van der Waals surface area contributed by atoms with E-state index in [0.717, 1.165) is 23.1 Å². The maximum absolute atomic E-state index is 13.7. The van der Waals surface area contributed by atoms with Gasteiger partial charge in [0.15, 0.2) is 0 Å². The van der Waals surface area contributed by atoms with Gasteiger partial charge in [0.05, 0.1) is 0 Å². The molecule has 35 heavy (non-hydrogen) atoms. The van der Waals surface area contributed by atoms with E-state index in [1.165, 1.54) is 5.56 Å². The number of rotatable bonds is 11. The standard InChI is InChI=1S/C29H32Cl2N2O2/c1-3-17-32-29(35)27(18-23-7-5-4-6-8-23)33(20-24-14-15-25(30)19-26(24)31)28(34)16-13-22-11-9-21(2)10-12-22/h4-12,14-15,19,27H,3,13,16-18,20H2,1-2H3,(H,32,35). The summed E-state index contributed by atoms with van der Waals surface area (Å²) in [4.78, 5) is 28.7. The van der Waals surface area contributed by atoms with Crippen LogP contribution in [0.1, 0.15) is 42.0 Å². The molecule has 0 heterocycles. The van der Waals surface area contributed by atoms with E-state index in [-0.39, 0.29) is 18.4 Å². The molecule has 3 aromatic carbocycles. The number of halogens is 2. The van der Waals surface area contributed by atoms with Crippen molar-refractivity contribution in [2.24, 2.45) is 0 Å². The number of carbonyl (C=O) groups is 2. The van der Waals surface area contributed by atoms with Crippen LogP contribution in [0.2, 0.25) is 10.0 Å². The molecular formula is C29H32Cl2N2O2. The van der Waals surface area contributed by atoms with E-state index in [4.69, 9.17) is 23.2 Å². The van der Waals surface area contributed by atoms with Gasteiger partial charge in [-0.2, -0.15) is 0 Å². The molecule has 0 spiro atoms. The average molecular weight is 511 g/mol. The lowest BCUT2D eigenvalue weighted by atomic mass is 10.0. The lowest BCUT2D eigenvalue weighted by molar-refractivity contribution is -0.141. The number of amides is 2. The molecule has 0 aromatic heterocycles. The quantitative estimate of drug-likeness (QED) is 0.324. The van der Waals surface area contributed by atoms with E-state index in [9.17, 15) is 9.59 Å². The first-order valence-corrected chi connectivity index (χ1v) is 12.7. The zero-order valence-electron chi connectivity index (χ0n) is 20.3. The highest BCUT2D eigenvalue weighted by Gasteiger charge is 2.30. The molecule has 184 valence electrons. The number of nitrogens with zero attached hydrogens (tertiary/aromatic N) is 1. The Balaban J connectivity index is 1.91. The van der Waals surface area contributed by atoms with Crippen molar-refractivity contribution in [1.29, 1.82) is 0 Å². The number of aryl methyl sites for hydroxylation is 2. The summed E-state index contributed by atoms with van der Waals surface area (Å²) in [5, 5.41) is 3.99. The van der Waals surface area contributed by atoms with Crippen molar-refractivity contribution in [3.63, 3.8) is 0 Å². The van der Waals surface area contributed by atoms with E-state index < -0.39 is 6.04 Å². The van der Waals surface area contributed by atoms with Crippen LogP contribution in [0.15, 0.2) is 72.8 Å². The minimum Gasteiger partial charge on any atom is -0.354 e. The summed E-state index contributed by atoms with van der Waals surface area (Å²) >= 11 is 12.6. The monoisotopic (exact) mass is 510 g/mol. The molecular weight excluding hydrogens is 479 g/mol. The van der Waals surface area contributed by atoms with Crippen LogP contribution in [0.5, 0.6) is 0 Å². The highest BCUT2D eigenvalue weighted by molar-refractivity contribution is 6.35. The van der Waals surface area contributed by atoms with E-state index in [2.05, 4.69) is 5.32 Å². The van der Waals surface area contributed by atoms with Crippen molar-refractivity contribution in [2.45, 2.75) is 52.1 Å². The second kappa shape index (κ2) is 13.3. The number of hydrogen-bond acceptors (Lipinski definition) is 2. The van der Waals surface area contributed by atoms with Gasteiger partial charge in [0, 0.05) is 36.0 Å². The van der Waals surface area contributed by atoms with Gasteiger partial charge in [-0.1, -0.05) is 96.4 Å². The third-order valence-corrected chi connectivity index (χ3v) is 6.51. The lowest BCUT2D eigenvalue weighted by Gasteiger charge is -2.32. The molecule has 6 heteroatoms. The summed E-state index contributed by atoms with van der Waals surface area (Å²) in [6.45, 7) is 4.82. The Morgan fingerprint density at radius 1 is 0.943 bits per heavy atom. The molecule has 2 amide bonds. The fraction of sp³-hybridized carbons (Fsp3) is 0.310. The first-order valence-electron chi connectivity index (χ1n) is 12.0. The summed E-state index contributed by atoms with van der Waals surface area (Å²) in [5.41, 5.74) is 4.00. The molecule has 3 aromatic rings. The minimum atomic E-state index is -0.666. The van der Waals surface area contributed by atoms with Gasteiger partial charge < -0.3 is 10.2 Å². The first-order chi connectivity index (χ1) is 16.9. The van der Waals surface area contributed by atoms with Crippen molar-refractivity contribution in [3.05, 3.63) is 105 Å². The normalized spacial score (nSPS) is 11.7. The van der Waals surface area contributed by atoms with Gasteiger partial charge in [0.25, 0.3) is 0 Å². The largest absolute Gasteiger partial charge is 0.354 e. The molecule has 0 aliphatic heterocycles. The summed E-state index contributed by atoms with van der Waals surface area (Å²) in [6.07, 6.45) is 2.12. The maximum Gasteiger partial charge on any atom is 0.243 e. The number of carbonyl (C=O) groups excluding carboxylic acids is 2. The van der Waals surface area contributed by atoms with Crippen LogP contribution in [-0.4, -0.2) is 29.3 Å². The molecule has 0 radical (unpaired) electrons. The molecule has 4 nitrogen and oxygen atoms in total. The molecule has 1 unspecified atom stereocenters. The van der Waals surface area contributed by atoms with E-state index >= 15 is 0 Å². The Kier molecular flexibility index (Phi) is 10.2. The Labute approximate surface area is 218 Å². The summed E-state index contributed by atoms with van der Waals surface area (Å²) in [7, 11) is 0. The molecule has 1 atom stereocenters. The van der Waals surface area contributed by atoms with Crippen molar-refractivity contribution in [3.8, 4) is 0 Å². The highest BCUT2D eigenvalue weighted by atomic mass is 35.5. The van der Waals surface area contributed by atoms with Crippen molar-refractivity contribution in [1.82, 2.24) is 10.2 Å². The molecule has 0 bridgehead atoms. The van der Waals surface area contributed by atoms with Gasteiger partial charge in [-0.05, 0) is 48.6 Å². The second-order valence-electron chi connectivity index (χ2n) is 8.74. The fourth-order valence-corrected chi connectivity index (χ4v) is 4.37. The molecule has 0 saturated carbocycles. The Morgan fingerprint density at radius 2 is 1.66 bits per heavy atom. The zero-order valence-corrected chi connectivity index (χ0v) is 21.8. The smallest absolute Gasteiger partial charge is 0.243 e. The second-order valence-corrected chi connectivity index (χ2v) is 9.58. The van der Waals surface area contributed by atoms with Crippen molar-refractivity contribution in [2.75, 3.05) is 6.54 Å². The van der Waals surface area contributed by atoms with Gasteiger partial charge in [-0.25, -0.2) is 0 Å². The van der Waals surface area contributed by atoms with E-state index in [1.54, 1.807) is 17.0 Å². The Morgan fingerprint density at radius 3 is 2.31 bits per heavy atom. The van der Waals surface area contributed by atoms with Gasteiger partial charge in [0.1, 0.15) is 6.04 Å². The molecule has 0 aliphatic carbocycles. The van der Waals surface area contributed by atoms with Crippen LogP contribution >= 0.6 is 23.2 Å². The van der Waals surface area contributed by atoms with Crippen LogP contribution in [0.3, 0.4) is 0 Å². The zero-order chi connectivity index (χ0) is 25.2. The van der Waals surface area contributed by atoms with Gasteiger partial charge >= 0.3 is 0 Å². The van der Waals surface area contributed by atoms with E-state index in [0.29, 0.717) is 35.9 Å². The van der Waals surface area contributed by atoms with Crippen LogP contribution in [0.4, 0.5) is 0 Å². The van der Waals surface area contributed by atoms with Gasteiger partial charge in [0.2, 0.25) is 11.8 Å². The Hall–Kier alpha value is -2.82. The topological polar surface area (TPSA) is 49.4 Å². The SMILES string of the molecule is CCCNC(=O)C(Cc1ccccc1)N(Cc1ccc(Cl)cc1Cl)C(=O)CCc1ccc(C)cc1. The summed E-state index contributed by atoms with van der Waals surface area (Å²) in [5.74, 6) is -0.256. The van der Waals surface area contributed by atoms with Crippen LogP contribution in [-0.2, 0) is 29.0 Å². The maximum atomic E-state index is 13.7. The van der Waals surface area contributed by atoms with Crippen molar-refractivity contribution < 1.29 is 9.59 Å². The molecule has 0 saturated heterocycles. The molecule has 0 fully saturated rings. The number of benzene rings is 3. The Bertz CT molecular complexity index is 1120. The van der Waals surface area contributed by atoms with Crippen LogP contribution in [0, 0.1) is 6.92 Å². The predicted octanol–water partition coefficient (Wildman–Crippen LogP) is 6.40. The minimum absolute atomic E-state index is 0.0934. The summed E-state index contributed by atoms with van der Waals surface area (Å²) < 4.78 is 0. The molecule has 0 aliphatic rings. The first kappa shape index (κ1) is 26.8. The van der Waals surface area contributed by atoms with Crippen LogP contribution in [0.25, 0.3) is 0 Å². The third kappa shape index (κ3) is 8.12. The number of nitrogens with one attached hydrogen (secondary N) is 1. The van der Waals surface area contributed by atoms with E-state index in [1.807, 2.05) is 74.5 Å².